The zero-order valence-corrected chi connectivity index (χ0v) is 15.1. The number of carbonyl (C=O) groups is 1. The van der Waals surface area contributed by atoms with Crippen LogP contribution in [0.25, 0.3) is 0 Å². The van der Waals surface area contributed by atoms with Gasteiger partial charge in [-0.25, -0.2) is 0 Å². The lowest BCUT2D eigenvalue weighted by Gasteiger charge is -2.37. The molecule has 2 aromatic heterocycles. The highest BCUT2D eigenvalue weighted by Crippen LogP contribution is 2.34. The summed E-state index contributed by atoms with van der Waals surface area (Å²) in [5, 5.41) is 3.22. The number of nitrogens with one attached hydrogen (secondary N) is 1. The Kier molecular flexibility index (Phi) is 5.25. The molecule has 1 aliphatic carbocycles. The van der Waals surface area contributed by atoms with Crippen LogP contribution in [0.15, 0.2) is 48.8 Å². The van der Waals surface area contributed by atoms with Crippen LogP contribution in [0, 0.1) is 11.8 Å². The van der Waals surface area contributed by atoms with E-state index >= 15 is 0 Å². The normalized spacial score (nSPS) is 21.9. The monoisotopic (exact) mass is 350 g/mol. The molecule has 5 heteroatoms. The first kappa shape index (κ1) is 17.2. The Morgan fingerprint density at radius 1 is 1.12 bits per heavy atom. The van der Waals surface area contributed by atoms with Crippen LogP contribution in [0.2, 0.25) is 0 Å². The largest absolute Gasteiger partial charge is 0.342 e. The van der Waals surface area contributed by atoms with E-state index in [9.17, 15) is 4.79 Å². The fraction of sp³-hybridized carbons (Fsp3) is 0.476. The van der Waals surface area contributed by atoms with Crippen molar-refractivity contribution in [1.82, 2.24) is 20.2 Å². The lowest BCUT2D eigenvalue weighted by atomic mass is 9.88. The molecule has 5 nitrogen and oxygen atoms in total. The fourth-order valence-corrected chi connectivity index (χ4v) is 3.90. The van der Waals surface area contributed by atoms with E-state index < -0.39 is 0 Å². The van der Waals surface area contributed by atoms with Crippen LogP contribution < -0.4 is 5.32 Å². The summed E-state index contributed by atoms with van der Waals surface area (Å²) in [5.41, 5.74) is 1.40. The topological polar surface area (TPSA) is 58.1 Å². The third-order valence-corrected chi connectivity index (χ3v) is 5.42. The molecular weight excluding hydrogens is 324 g/mol. The maximum Gasteiger partial charge on any atom is 0.270 e. The van der Waals surface area contributed by atoms with Gasteiger partial charge in [0.25, 0.3) is 5.91 Å². The predicted molar refractivity (Wildman–Crippen MR) is 101 cm³/mol. The summed E-state index contributed by atoms with van der Waals surface area (Å²) >= 11 is 0. The maximum atomic E-state index is 12.7. The smallest absolute Gasteiger partial charge is 0.270 e. The van der Waals surface area contributed by atoms with Crippen LogP contribution in [-0.2, 0) is 0 Å². The molecular formula is C21H26N4O. The van der Waals surface area contributed by atoms with Crippen molar-refractivity contribution < 1.29 is 4.79 Å². The van der Waals surface area contributed by atoms with Gasteiger partial charge < -0.3 is 10.2 Å². The molecule has 4 rings (SSSR count). The number of hydrogen-bond acceptors (Lipinski definition) is 4. The molecule has 2 aliphatic rings. The highest BCUT2D eigenvalue weighted by atomic mass is 16.1. The highest BCUT2D eigenvalue weighted by molar-refractivity contribution is 5.92. The zero-order chi connectivity index (χ0) is 17.8. The van der Waals surface area contributed by atoms with E-state index in [0.29, 0.717) is 11.6 Å². The van der Waals surface area contributed by atoms with Gasteiger partial charge in [-0.2, -0.15) is 0 Å². The average Bonchev–Trinajstić information content (AvgIpc) is 3.51. The predicted octanol–water partition coefficient (Wildman–Crippen LogP) is 3.07. The third-order valence-electron chi connectivity index (χ3n) is 5.42. The Bertz CT molecular complexity index is 717. The molecule has 0 aromatic carbocycles. The molecule has 26 heavy (non-hydrogen) atoms. The summed E-state index contributed by atoms with van der Waals surface area (Å²) < 4.78 is 0. The molecule has 1 N–H and O–H groups in total. The van der Waals surface area contributed by atoms with Gasteiger partial charge in [0.1, 0.15) is 5.69 Å². The van der Waals surface area contributed by atoms with Gasteiger partial charge in [-0.3, -0.25) is 14.8 Å². The van der Waals surface area contributed by atoms with E-state index in [1.54, 1.807) is 18.5 Å². The van der Waals surface area contributed by atoms with Crippen molar-refractivity contribution in [2.75, 3.05) is 19.6 Å². The average molecular weight is 350 g/mol. The highest BCUT2D eigenvalue weighted by Gasteiger charge is 2.33. The summed E-state index contributed by atoms with van der Waals surface area (Å²) in [4.78, 5) is 24.0. The van der Waals surface area contributed by atoms with Crippen molar-refractivity contribution in [2.45, 2.75) is 31.7 Å². The lowest BCUT2D eigenvalue weighted by Crippen LogP contribution is -2.44. The standard InChI is InChI=1S/C21H26N4O/c26-21(19-8-2-4-12-23-19)24-20(18-7-1-3-11-22-18)17-6-5-13-25(15-17)14-16-9-10-16/h1-4,7-8,11-12,16-17,20H,5-6,9-10,13-15H2,(H,24,26)/t17-,20+/m0/s1. The number of likely N-dealkylation sites (tertiary alicyclic amines) is 1. The molecule has 0 unspecified atom stereocenters. The first-order valence-electron chi connectivity index (χ1n) is 9.65. The second-order valence-electron chi connectivity index (χ2n) is 7.53. The van der Waals surface area contributed by atoms with Crippen molar-refractivity contribution in [1.29, 1.82) is 0 Å². The summed E-state index contributed by atoms with van der Waals surface area (Å²) in [6, 6.07) is 11.3. The van der Waals surface area contributed by atoms with Crippen LogP contribution >= 0.6 is 0 Å². The summed E-state index contributed by atoms with van der Waals surface area (Å²) in [5.74, 6) is 1.15. The minimum absolute atomic E-state index is 0.0762. The zero-order valence-electron chi connectivity index (χ0n) is 15.1. The van der Waals surface area contributed by atoms with Crippen LogP contribution in [0.5, 0.6) is 0 Å². The van der Waals surface area contributed by atoms with Crippen LogP contribution in [-0.4, -0.2) is 40.4 Å². The lowest BCUT2D eigenvalue weighted by molar-refractivity contribution is 0.0872. The van der Waals surface area contributed by atoms with E-state index in [4.69, 9.17) is 0 Å². The number of hydrogen-bond donors (Lipinski definition) is 1. The molecule has 1 saturated heterocycles. The molecule has 0 radical (unpaired) electrons. The fourth-order valence-electron chi connectivity index (χ4n) is 3.90. The van der Waals surface area contributed by atoms with E-state index in [1.165, 1.54) is 32.4 Å². The summed E-state index contributed by atoms with van der Waals surface area (Å²) in [7, 11) is 0. The third kappa shape index (κ3) is 4.28. The molecule has 1 saturated carbocycles. The minimum atomic E-state index is -0.124. The number of aromatic nitrogens is 2. The van der Waals surface area contributed by atoms with Gasteiger partial charge in [-0.15, -0.1) is 0 Å². The Balaban J connectivity index is 1.51. The second kappa shape index (κ2) is 7.96. The first-order valence-corrected chi connectivity index (χ1v) is 9.65. The number of carbonyl (C=O) groups excluding carboxylic acids is 1. The summed E-state index contributed by atoms with van der Waals surface area (Å²) in [6.07, 6.45) is 8.51. The Hall–Kier alpha value is -2.27. The van der Waals surface area contributed by atoms with Crippen molar-refractivity contribution in [3.8, 4) is 0 Å². The molecule has 2 aromatic rings. The summed E-state index contributed by atoms with van der Waals surface area (Å²) in [6.45, 7) is 3.41. The molecule has 0 bridgehead atoms. The van der Waals surface area contributed by atoms with Gasteiger partial charge in [0.05, 0.1) is 11.7 Å². The number of piperidine rings is 1. The molecule has 3 heterocycles. The van der Waals surface area contributed by atoms with Crippen molar-refractivity contribution >= 4 is 5.91 Å². The van der Waals surface area contributed by atoms with E-state index in [1.807, 2.05) is 30.3 Å². The number of amides is 1. The van der Waals surface area contributed by atoms with E-state index in [0.717, 1.165) is 24.6 Å². The molecule has 1 aliphatic heterocycles. The van der Waals surface area contributed by atoms with Gasteiger partial charge in [0.2, 0.25) is 0 Å². The van der Waals surface area contributed by atoms with Gasteiger partial charge in [-0.05, 0) is 68.3 Å². The van der Waals surface area contributed by atoms with Gasteiger partial charge in [0.15, 0.2) is 0 Å². The Labute approximate surface area is 154 Å². The van der Waals surface area contributed by atoms with Crippen LogP contribution in [0.1, 0.15) is 47.9 Å². The SMILES string of the molecule is O=C(N[C@@H](c1ccccn1)[C@H]1CCCN(CC2CC2)C1)c1ccccn1. The molecule has 2 atom stereocenters. The van der Waals surface area contributed by atoms with Gasteiger partial charge in [0, 0.05) is 25.5 Å². The molecule has 136 valence electrons. The molecule has 0 spiro atoms. The number of pyridine rings is 2. The van der Waals surface area contributed by atoms with Gasteiger partial charge >= 0.3 is 0 Å². The van der Waals surface area contributed by atoms with Crippen molar-refractivity contribution in [2.24, 2.45) is 11.8 Å². The minimum Gasteiger partial charge on any atom is -0.342 e. The van der Waals surface area contributed by atoms with Crippen LogP contribution in [0.4, 0.5) is 0 Å². The first-order chi connectivity index (χ1) is 12.8. The van der Waals surface area contributed by atoms with E-state index in [2.05, 4.69) is 20.2 Å². The number of rotatable bonds is 6. The maximum absolute atomic E-state index is 12.7. The Morgan fingerprint density at radius 2 is 1.92 bits per heavy atom. The molecule has 2 fully saturated rings. The number of nitrogens with zero attached hydrogens (tertiary/aromatic N) is 3. The van der Waals surface area contributed by atoms with Crippen molar-refractivity contribution in [3.63, 3.8) is 0 Å². The van der Waals surface area contributed by atoms with Crippen molar-refractivity contribution in [3.05, 3.63) is 60.2 Å². The molecule has 1 amide bonds. The second-order valence-corrected chi connectivity index (χ2v) is 7.53. The van der Waals surface area contributed by atoms with E-state index in [-0.39, 0.29) is 11.9 Å². The van der Waals surface area contributed by atoms with Crippen LogP contribution in [0.3, 0.4) is 0 Å². The van der Waals surface area contributed by atoms with Gasteiger partial charge in [-0.1, -0.05) is 12.1 Å². The Morgan fingerprint density at radius 3 is 2.62 bits per heavy atom. The quantitative estimate of drug-likeness (QED) is 0.870.